The third-order valence-electron chi connectivity index (χ3n) is 10.6. The number of hydrogen-bond donors (Lipinski definition) is 0. The van der Waals surface area contributed by atoms with Crippen molar-refractivity contribution in [1.29, 1.82) is 0 Å². The Morgan fingerprint density at radius 1 is 0.386 bits per heavy atom. The topological polar surface area (TPSA) is 90.7 Å². The summed E-state index contributed by atoms with van der Waals surface area (Å²) in [5, 5.41) is 5.23. The van der Waals surface area contributed by atoms with Gasteiger partial charge in [0.1, 0.15) is 28.0 Å². The maximum absolute atomic E-state index is 6.51. The summed E-state index contributed by atoms with van der Waals surface area (Å²) < 4.78 is 15.0. The first-order valence-electron chi connectivity index (χ1n) is 18.7. The van der Waals surface area contributed by atoms with Crippen molar-refractivity contribution >= 4 is 75.5 Å². The van der Waals surface area contributed by atoms with Gasteiger partial charge in [-0.2, -0.15) is 0 Å². The largest absolute Gasteiger partial charge is 0.456 e. The van der Waals surface area contributed by atoms with Crippen molar-refractivity contribution in [3.05, 3.63) is 164 Å². The smallest absolute Gasteiger partial charge is 0.180 e. The molecule has 0 aliphatic rings. The summed E-state index contributed by atoms with van der Waals surface area (Å²) in [7, 11) is 0. The van der Waals surface area contributed by atoms with E-state index in [2.05, 4.69) is 66.7 Å². The number of furan rings is 2. The molecule has 266 valence electrons. The Morgan fingerprint density at radius 2 is 0.982 bits per heavy atom. The Bertz CT molecular complexity index is 3480. The minimum atomic E-state index is 0.615. The van der Waals surface area contributed by atoms with Crippen LogP contribution < -0.4 is 0 Å². The fourth-order valence-electron chi connectivity index (χ4n) is 7.92. The van der Waals surface area contributed by atoms with Crippen LogP contribution in [-0.2, 0) is 0 Å². The lowest BCUT2D eigenvalue weighted by Gasteiger charge is -2.10. The third kappa shape index (κ3) is 5.08. The Balaban J connectivity index is 1.08. The first kappa shape index (κ1) is 31.8. The number of para-hydroxylation sites is 2. The van der Waals surface area contributed by atoms with Gasteiger partial charge in [-0.3, -0.25) is 0 Å². The van der Waals surface area contributed by atoms with Crippen molar-refractivity contribution in [2.24, 2.45) is 0 Å². The number of benzene rings is 7. The Labute approximate surface area is 328 Å². The molecule has 0 fully saturated rings. The van der Waals surface area contributed by atoms with E-state index in [9.17, 15) is 0 Å². The summed E-state index contributed by atoms with van der Waals surface area (Å²) in [6.45, 7) is 0. The van der Waals surface area contributed by atoms with Crippen molar-refractivity contribution in [3.8, 4) is 56.8 Å². The maximum atomic E-state index is 6.51. The van der Waals surface area contributed by atoms with Crippen molar-refractivity contribution in [3.63, 3.8) is 0 Å². The van der Waals surface area contributed by atoms with Crippen LogP contribution in [0, 0.1) is 0 Å². The molecule has 12 aromatic rings. The van der Waals surface area contributed by atoms with Gasteiger partial charge in [-0.1, -0.05) is 121 Å². The van der Waals surface area contributed by atoms with Gasteiger partial charge in [-0.15, -0.1) is 11.3 Å². The molecular formula is C49H27N5O2S. The monoisotopic (exact) mass is 749 g/mol. The van der Waals surface area contributed by atoms with E-state index in [4.69, 9.17) is 33.8 Å². The molecule has 0 unspecified atom stereocenters. The van der Waals surface area contributed by atoms with Crippen LogP contribution in [0.25, 0.3) is 121 Å². The molecule has 0 amide bonds. The first-order chi connectivity index (χ1) is 28.2. The van der Waals surface area contributed by atoms with E-state index in [0.29, 0.717) is 34.6 Å². The lowest BCUT2D eigenvalue weighted by atomic mass is 10.0. The molecule has 5 heterocycles. The van der Waals surface area contributed by atoms with E-state index in [1.165, 1.54) is 0 Å². The summed E-state index contributed by atoms with van der Waals surface area (Å²) in [6.07, 6.45) is 0. The molecule has 0 bridgehead atoms. The number of thiophene rings is 1. The van der Waals surface area contributed by atoms with Crippen LogP contribution >= 0.6 is 11.3 Å². The predicted octanol–water partition coefficient (Wildman–Crippen LogP) is 13.2. The molecule has 0 aliphatic carbocycles. The van der Waals surface area contributed by atoms with Crippen LogP contribution in [0.15, 0.2) is 173 Å². The highest BCUT2D eigenvalue weighted by Crippen LogP contribution is 2.45. The summed E-state index contributed by atoms with van der Waals surface area (Å²) in [6, 6.07) is 55.2. The van der Waals surface area contributed by atoms with E-state index in [1.54, 1.807) is 11.3 Å². The number of nitrogens with zero attached hydrogens (tertiary/aromatic N) is 5. The lowest BCUT2D eigenvalue weighted by molar-refractivity contribution is 0.666. The second-order valence-electron chi connectivity index (χ2n) is 14.0. The van der Waals surface area contributed by atoms with E-state index < -0.39 is 0 Å². The zero-order valence-electron chi connectivity index (χ0n) is 30.0. The Morgan fingerprint density at radius 3 is 1.75 bits per heavy atom. The van der Waals surface area contributed by atoms with Crippen molar-refractivity contribution in [2.75, 3.05) is 0 Å². The molecule has 0 spiro atoms. The molecule has 0 atom stereocenters. The molecule has 0 saturated heterocycles. The van der Waals surface area contributed by atoms with E-state index >= 15 is 0 Å². The lowest BCUT2D eigenvalue weighted by Crippen LogP contribution is -2.00. The van der Waals surface area contributed by atoms with Gasteiger partial charge in [0.2, 0.25) is 0 Å². The van der Waals surface area contributed by atoms with Gasteiger partial charge in [0.25, 0.3) is 0 Å². The van der Waals surface area contributed by atoms with E-state index in [1.807, 2.05) is 97.1 Å². The minimum absolute atomic E-state index is 0.615. The zero-order valence-corrected chi connectivity index (χ0v) is 30.9. The molecule has 5 aromatic heterocycles. The third-order valence-corrected chi connectivity index (χ3v) is 11.8. The molecule has 57 heavy (non-hydrogen) atoms. The number of fused-ring (bicyclic) bond motifs is 9. The number of hydrogen-bond acceptors (Lipinski definition) is 8. The highest BCUT2D eigenvalue weighted by atomic mass is 32.1. The number of rotatable bonds is 5. The van der Waals surface area contributed by atoms with Gasteiger partial charge in [0.05, 0.1) is 0 Å². The average Bonchev–Trinajstić information content (AvgIpc) is 3.97. The highest BCUT2D eigenvalue weighted by Gasteiger charge is 2.23. The molecule has 7 nitrogen and oxygen atoms in total. The van der Waals surface area contributed by atoms with Crippen LogP contribution in [0.5, 0.6) is 0 Å². The molecule has 7 aromatic carbocycles. The van der Waals surface area contributed by atoms with Crippen molar-refractivity contribution in [2.45, 2.75) is 0 Å². The fraction of sp³-hybridized carbons (Fsp3) is 0. The van der Waals surface area contributed by atoms with Crippen LogP contribution in [-0.4, -0.2) is 24.9 Å². The average molecular weight is 750 g/mol. The van der Waals surface area contributed by atoms with Gasteiger partial charge in [0.15, 0.2) is 28.9 Å². The predicted molar refractivity (Wildman–Crippen MR) is 230 cm³/mol. The Hall–Kier alpha value is -7.55. The maximum Gasteiger partial charge on any atom is 0.180 e. The van der Waals surface area contributed by atoms with E-state index in [0.717, 1.165) is 86.4 Å². The summed E-state index contributed by atoms with van der Waals surface area (Å²) in [5.41, 5.74) is 9.13. The fourth-order valence-corrected chi connectivity index (χ4v) is 9.16. The zero-order chi connectivity index (χ0) is 37.5. The van der Waals surface area contributed by atoms with Gasteiger partial charge in [-0.05, 0) is 42.5 Å². The van der Waals surface area contributed by atoms with E-state index in [-0.39, 0.29) is 0 Å². The second kappa shape index (κ2) is 12.5. The first-order valence-corrected chi connectivity index (χ1v) is 19.5. The molecule has 8 heteroatoms. The summed E-state index contributed by atoms with van der Waals surface area (Å²) >= 11 is 1.72. The standard InChI is InChI=1S/C49H27N5O2S/c1-3-13-28(14-4-1)46-52-47(29-15-5-2-6-16-29)54-48(53-46)35-20-12-24-40-41(35)34-19-11-21-36(45(34)57-40)49-50-42(44-43(51-49)33-18-8-10-23-38(33)56-44)30-25-26-32-31-17-7-9-22-37(31)55-39(32)27-30/h1-27H. The van der Waals surface area contributed by atoms with Crippen LogP contribution in [0.4, 0.5) is 0 Å². The summed E-state index contributed by atoms with van der Waals surface area (Å²) in [4.78, 5) is 25.7. The molecule has 12 rings (SSSR count). The molecular weight excluding hydrogens is 723 g/mol. The van der Waals surface area contributed by atoms with Crippen molar-refractivity contribution in [1.82, 2.24) is 24.9 Å². The van der Waals surface area contributed by atoms with Gasteiger partial charge < -0.3 is 8.83 Å². The number of aromatic nitrogens is 5. The van der Waals surface area contributed by atoms with Crippen LogP contribution in [0.1, 0.15) is 0 Å². The molecule has 0 aliphatic heterocycles. The van der Waals surface area contributed by atoms with Crippen LogP contribution in [0.2, 0.25) is 0 Å². The molecule has 0 saturated carbocycles. The van der Waals surface area contributed by atoms with Gasteiger partial charge in [0, 0.05) is 64.1 Å². The summed E-state index contributed by atoms with van der Waals surface area (Å²) in [5.74, 6) is 2.48. The van der Waals surface area contributed by atoms with Gasteiger partial charge >= 0.3 is 0 Å². The SMILES string of the molecule is c1ccc(-c2nc(-c3ccccc3)nc(-c3cccc4sc5c(-c6nc(-c7ccc8c(c7)oc7ccccc78)c7oc8ccccc8c7n6)cccc5c34)n2)cc1. The second-order valence-corrected chi connectivity index (χ2v) is 15.0. The van der Waals surface area contributed by atoms with Crippen molar-refractivity contribution < 1.29 is 8.83 Å². The minimum Gasteiger partial charge on any atom is -0.456 e. The quantitative estimate of drug-likeness (QED) is 0.173. The Kier molecular flexibility index (Phi) is 6.96. The highest BCUT2D eigenvalue weighted by molar-refractivity contribution is 7.26. The van der Waals surface area contributed by atoms with Gasteiger partial charge in [-0.25, -0.2) is 24.9 Å². The van der Waals surface area contributed by atoms with Crippen LogP contribution in [0.3, 0.4) is 0 Å². The molecule has 0 N–H and O–H groups in total. The normalized spacial score (nSPS) is 11.9. The molecule has 0 radical (unpaired) electrons.